The summed E-state index contributed by atoms with van der Waals surface area (Å²) in [6.07, 6.45) is 0. The first-order valence-electron chi connectivity index (χ1n) is 8.09. The second-order valence-corrected chi connectivity index (χ2v) is 7.54. The molecular weight excluding hydrogens is 348 g/mol. The molecule has 0 radical (unpaired) electrons. The van der Waals surface area contributed by atoms with Crippen molar-refractivity contribution in [2.75, 3.05) is 39.3 Å². The summed E-state index contributed by atoms with van der Waals surface area (Å²) in [6, 6.07) is 4.90. The van der Waals surface area contributed by atoms with Crippen LogP contribution in [0.3, 0.4) is 0 Å². The van der Waals surface area contributed by atoms with Gasteiger partial charge in [-0.1, -0.05) is 6.07 Å². The third-order valence-corrected chi connectivity index (χ3v) is 6.10. The summed E-state index contributed by atoms with van der Waals surface area (Å²) in [5, 5.41) is 10.8. The summed E-state index contributed by atoms with van der Waals surface area (Å²) in [5.41, 5.74) is -0.267. The van der Waals surface area contributed by atoms with E-state index in [9.17, 15) is 23.3 Å². The van der Waals surface area contributed by atoms with Gasteiger partial charge in [-0.05, 0) is 19.9 Å². The highest BCUT2D eigenvalue weighted by atomic mass is 32.2. The van der Waals surface area contributed by atoms with Crippen molar-refractivity contribution in [3.63, 3.8) is 0 Å². The van der Waals surface area contributed by atoms with Gasteiger partial charge in [0.25, 0.3) is 5.69 Å². The normalized spacial score (nSPS) is 15.8. The number of non-ortho nitro benzene ring substituents is 1. The van der Waals surface area contributed by atoms with E-state index < -0.39 is 14.9 Å². The molecular formula is C15H22N4O5S. The van der Waals surface area contributed by atoms with E-state index in [0.29, 0.717) is 26.2 Å². The van der Waals surface area contributed by atoms with E-state index in [0.717, 1.165) is 6.07 Å². The third-order valence-electron chi connectivity index (χ3n) is 4.21. The van der Waals surface area contributed by atoms with Crippen molar-refractivity contribution in [3.8, 4) is 0 Å². The molecule has 1 saturated heterocycles. The van der Waals surface area contributed by atoms with Gasteiger partial charge in [0.2, 0.25) is 10.0 Å². The highest BCUT2D eigenvalue weighted by molar-refractivity contribution is 7.89. The maximum absolute atomic E-state index is 12.7. The summed E-state index contributed by atoms with van der Waals surface area (Å²) in [4.78, 5) is 25.7. The molecule has 1 aromatic carbocycles. The number of hydrogen-bond donors (Lipinski definition) is 0. The number of nitro benzene ring substituents is 1. The lowest BCUT2D eigenvalue weighted by Gasteiger charge is -2.36. The Hall–Kier alpha value is -2.20. The van der Waals surface area contributed by atoms with E-state index in [1.807, 2.05) is 13.8 Å². The molecule has 0 N–H and O–H groups in total. The molecule has 138 valence electrons. The zero-order valence-electron chi connectivity index (χ0n) is 14.3. The van der Waals surface area contributed by atoms with Gasteiger partial charge in [-0.15, -0.1) is 0 Å². The number of carbonyl (C=O) groups is 1. The van der Waals surface area contributed by atoms with Crippen LogP contribution >= 0.6 is 0 Å². The van der Waals surface area contributed by atoms with Crippen LogP contribution in [0, 0.1) is 10.1 Å². The summed E-state index contributed by atoms with van der Waals surface area (Å²) in [6.45, 7) is 5.90. The molecule has 1 heterocycles. The van der Waals surface area contributed by atoms with E-state index in [4.69, 9.17) is 0 Å². The third kappa shape index (κ3) is 4.07. The van der Waals surface area contributed by atoms with Gasteiger partial charge in [0, 0.05) is 51.4 Å². The summed E-state index contributed by atoms with van der Waals surface area (Å²) >= 11 is 0. The lowest BCUT2D eigenvalue weighted by atomic mass is 10.3. The number of amides is 2. The van der Waals surface area contributed by atoms with E-state index >= 15 is 0 Å². The van der Waals surface area contributed by atoms with Gasteiger partial charge in [0.15, 0.2) is 0 Å². The van der Waals surface area contributed by atoms with Crippen LogP contribution in [-0.4, -0.2) is 72.7 Å². The molecule has 2 amide bonds. The molecule has 1 aliphatic heterocycles. The van der Waals surface area contributed by atoms with Crippen LogP contribution in [0.15, 0.2) is 29.2 Å². The molecule has 0 atom stereocenters. The second kappa shape index (κ2) is 7.79. The smallest absolute Gasteiger partial charge is 0.320 e. The zero-order chi connectivity index (χ0) is 18.6. The van der Waals surface area contributed by atoms with Crippen molar-refractivity contribution in [3.05, 3.63) is 34.4 Å². The number of carbonyl (C=O) groups excluding carboxylic acids is 1. The lowest BCUT2D eigenvalue weighted by molar-refractivity contribution is -0.385. The molecule has 9 nitrogen and oxygen atoms in total. The van der Waals surface area contributed by atoms with E-state index in [2.05, 4.69) is 0 Å². The predicted octanol–water partition coefficient (Wildman–Crippen LogP) is 1.36. The van der Waals surface area contributed by atoms with Crippen molar-refractivity contribution in [1.29, 1.82) is 0 Å². The standard InChI is InChI=1S/C15H22N4O5S/c1-3-16(4-2)15(20)17-8-10-18(11-9-17)25(23,24)14-7-5-6-13(12-14)19(21)22/h5-7,12H,3-4,8-11H2,1-2H3. The zero-order valence-corrected chi connectivity index (χ0v) is 15.1. The Morgan fingerprint density at radius 1 is 1.20 bits per heavy atom. The highest BCUT2D eigenvalue weighted by Crippen LogP contribution is 2.22. The average molecular weight is 370 g/mol. The van der Waals surface area contributed by atoms with Crippen LogP contribution < -0.4 is 0 Å². The van der Waals surface area contributed by atoms with E-state index in [1.165, 1.54) is 22.5 Å². The van der Waals surface area contributed by atoms with Crippen LogP contribution in [-0.2, 0) is 10.0 Å². The quantitative estimate of drug-likeness (QED) is 0.575. The van der Waals surface area contributed by atoms with Crippen molar-refractivity contribution in [1.82, 2.24) is 14.1 Å². The molecule has 1 fully saturated rings. The van der Waals surface area contributed by atoms with Crippen LogP contribution in [0.25, 0.3) is 0 Å². The fraction of sp³-hybridized carbons (Fsp3) is 0.533. The van der Waals surface area contributed by atoms with Crippen LogP contribution in [0.1, 0.15) is 13.8 Å². The number of urea groups is 1. The Labute approximate surface area is 147 Å². The summed E-state index contributed by atoms with van der Waals surface area (Å²) in [5.74, 6) is 0. The number of piperazine rings is 1. The SMILES string of the molecule is CCN(CC)C(=O)N1CCN(S(=O)(=O)c2cccc([N+](=O)[O-])c2)CC1. The Bertz CT molecular complexity index is 740. The van der Waals surface area contributed by atoms with E-state index in [-0.39, 0.29) is 29.7 Å². The Morgan fingerprint density at radius 3 is 2.32 bits per heavy atom. The fourth-order valence-corrected chi connectivity index (χ4v) is 4.18. The van der Waals surface area contributed by atoms with Crippen molar-refractivity contribution >= 4 is 21.7 Å². The first kappa shape index (κ1) is 19.1. The number of nitro groups is 1. The number of hydrogen-bond acceptors (Lipinski definition) is 5. The predicted molar refractivity (Wildman–Crippen MR) is 91.7 cm³/mol. The number of nitrogens with zero attached hydrogens (tertiary/aromatic N) is 4. The molecule has 10 heteroatoms. The van der Waals surface area contributed by atoms with Gasteiger partial charge >= 0.3 is 6.03 Å². The maximum Gasteiger partial charge on any atom is 0.320 e. The highest BCUT2D eigenvalue weighted by Gasteiger charge is 2.31. The molecule has 2 rings (SSSR count). The van der Waals surface area contributed by atoms with Crippen molar-refractivity contribution in [2.24, 2.45) is 0 Å². The van der Waals surface area contributed by atoms with Crippen LogP contribution in [0.5, 0.6) is 0 Å². The molecule has 25 heavy (non-hydrogen) atoms. The van der Waals surface area contributed by atoms with Gasteiger partial charge in [0.1, 0.15) is 0 Å². The van der Waals surface area contributed by atoms with Crippen molar-refractivity contribution < 1.29 is 18.1 Å². The van der Waals surface area contributed by atoms with Gasteiger partial charge in [-0.25, -0.2) is 13.2 Å². The average Bonchev–Trinajstić information content (AvgIpc) is 2.62. The Morgan fingerprint density at radius 2 is 1.80 bits per heavy atom. The maximum atomic E-state index is 12.7. The number of rotatable bonds is 5. The largest absolute Gasteiger partial charge is 0.325 e. The summed E-state index contributed by atoms with van der Waals surface area (Å²) < 4.78 is 26.6. The van der Waals surface area contributed by atoms with Gasteiger partial charge < -0.3 is 9.80 Å². The van der Waals surface area contributed by atoms with Gasteiger partial charge in [-0.2, -0.15) is 4.31 Å². The molecule has 0 saturated carbocycles. The minimum absolute atomic E-state index is 0.0996. The van der Waals surface area contributed by atoms with Gasteiger partial charge in [-0.3, -0.25) is 10.1 Å². The monoisotopic (exact) mass is 370 g/mol. The minimum atomic E-state index is -3.82. The number of benzene rings is 1. The fourth-order valence-electron chi connectivity index (χ4n) is 2.72. The Balaban J connectivity index is 2.10. The molecule has 0 spiro atoms. The number of sulfonamides is 1. The first-order valence-corrected chi connectivity index (χ1v) is 9.53. The van der Waals surface area contributed by atoms with Crippen molar-refractivity contribution in [2.45, 2.75) is 18.7 Å². The second-order valence-electron chi connectivity index (χ2n) is 5.60. The first-order chi connectivity index (χ1) is 11.8. The van der Waals surface area contributed by atoms with Crippen LogP contribution in [0.4, 0.5) is 10.5 Å². The molecule has 1 aliphatic rings. The molecule has 0 aromatic heterocycles. The molecule has 0 bridgehead atoms. The molecule has 0 unspecified atom stereocenters. The summed E-state index contributed by atoms with van der Waals surface area (Å²) in [7, 11) is -3.82. The minimum Gasteiger partial charge on any atom is -0.325 e. The lowest BCUT2D eigenvalue weighted by Crippen LogP contribution is -2.53. The van der Waals surface area contributed by atoms with E-state index in [1.54, 1.807) is 9.80 Å². The molecule has 1 aromatic rings. The Kier molecular flexibility index (Phi) is 5.96. The van der Waals surface area contributed by atoms with Crippen LogP contribution in [0.2, 0.25) is 0 Å². The topological polar surface area (TPSA) is 104 Å². The molecule has 0 aliphatic carbocycles. The van der Waals surface area contributed by atoms with Gasteiger partial charge in [0.05, 0.1) is 9.82 Å².